The van der Waals surface area contributed by atoms with Crippen molar-refractivity contribution in [3.8, 4) is 5.75 Å². The lowest BCUT2D eigenvalue weighted by molar-refractivity contribution is -0.133. The smallest absolute Gasteiger partial charge is 0.227 e. The Balaban J connectivity index is 0.00000156. The Bertz CT molecular complexity index is 693. The molecule has 1 unspecified atom stereocenters. The summed E-state index contributed by atoms with van der Waals surface area (Å²) in [7, 11) is 3.52. The number of amides is 1. The molecule has 3 rings (SSSR count). The van der Waals surface area contributed by atoms with Crippen LogP contribution in [-0.4, -0.2) is 47.3 Å². The van der Waals surface area contributed by atoms with E-state index in [4.69, 9.17) is 4.74 Å². The summed E-state index contributed by atoms with van der Waals surface area (Å²) in [6, 6.07) is 7.88. The normalized spacial score (nSPS) is 16.6. The highest BCUT2D eigenvalue weighted by Crippen LogP contribution is 2.30. The predicted molar refractivity (Wildman–Crippen MR) is 102 cm³/mol. The van der Waals surface area contributed by atoms with Gasteiger partial charge in [0.15, 0.2) is 0 Å². The number of hydrogen-bond acceptors (Lipinski definition) is 4. The predicted octanol–water partition coefficient (Wildman–Crippen LogP) is 1.99. The van der Waals surface area contributed by atoms with Crippen LogP contribution in [-0.2, 0) is 18.3 Å². The molecule has 1 fully saturated rings. The van der Waals surface area contributed by atoms with Crippen LogP contribution in [0.2, 0.25) is 0 Å². The average Bonchev–Trinajstić information content (AvgIpc) is 2.99. The Morgan fingerprint density at radius 1 is 1.36 bits per heavy atom. The number of aryl methyl sites for hydroxylation is 1. The highest BCUT2D eigenvalue weighted by molar-refractivity contribution is 5.85. The van der Waals surface area contributed by atoms with E-state index >= 15 is 0 Å². The second-order valence-corrected chi connectivity index (χ2v) is 5.75. The third kappa shape index (κ3) is 4.87. The standard InChI is InChI=1S/C17H22N4O2.2ClH/c1-20-12-13(10-19-20)9-17(22)21-8-7-18-11-15(21)14-5-3-4-6-16(14)23-2;;/h3-6,10,12,15,18H,7-9,11H2,1-2H3;2*1H. The highest BCUT2D eigenvalue weighted by atomic mass is 35.5. The fourth-order valence-electron chi connectivity index (χ4n) is 3.06. The first-order valence-electron chi connectivity index (χ1n) is 7.79. The van der Waals surface area contributed by atoms with E-state index in [1.54, 1.807) is 18.0 Å². The number of hydrogen-bond donors (Lipinski definition) is 1. The summed E-state index contributed by atoms with van der Waals surface area (Å²) in [5.74, 6) is 0.941. The first kappa shape index (κ1) is 21.3. The molecular weight excluding hydrogens is 363 g/mol. The molecule has 1 amide bonds. The lowest BCUT2D eigenvalue weighted by Crippen LogP contribution is -2.49. The van der Waals surface area contributed by atoms with Gasteiger partial charge in [-0.05, 0) is 11.6 Å². The molecule has 1 aromatic carbocycles. The van der Waals surface area contributed by atoms with E-state index in [9.17, 15) is 4.79 Å². The van der Waals surface area contributed by atoms with Gasteiger partial charge < -0.3 is 15.0 Å². The molecule has 0 spiro atoms. The zero-order valence-electron chi connectivity index (χ0n) is 14.3. The van der Waals surface area contributed by atoms with Gasteiger partial charge in [0.05, 0.1) is 25.8 Å². The van der Waals surface area contributed by atoms with Gasteiger partial charge in [-0.15, -0.1) is 24.8 Å². The average molecular weight is 387 g/mol. The SMILES string of the molecule is COc1ccccc1C1CNCCN1C(=O)Cc1cnn(C)c1.Cl.Cl. The van der Waals surface area contributed by atoms with Crippen LogP contribution in [0.5, 0.6) is 5.75 Å². The number of benzene rings is 1. The second-order valence-electron chi connectivity index (χ2n) is 5.75. The molecule has 1 N–H and O–H groups in total. The largest absolute Gasteiger partial charge is 0.496 e. The minimum Gasteiger partial charge on any atom is -0.496 e. The third-order valence-electron chi connectivity index (χ3n) is 4.18. The van der Waals surface area contributed by atoms with E-state index in [1.165, 1.54) is 0 Å². The summed E-state index contributed by atoms with van der Waals surface area (Å²) in [6.45, 7) is 2.24. The van der Waals surface area contributed by atoms with Crippen molar-refractivity contribution in [2.45, 2.75) is 12.5 Å². The summed E-state index contributed by atoms with van der Waals surface area (Å²) in [6.07, 6.45) is 4.01. The zero-order chi connectivity index (χ0) is 16.2. The molecular formula is C17H24Cl2N4O2. The van der Waals surface area contributed by atoms with Gasteiger partial charge >= 0.3 is 0 Å². The van der Waals surface area contributed by atoms with Gasteiger partial charge in [-0.1, -0.05) is 18.2 Å². The molecule has 25 heavy (non-hydrogen) atoms. The Kier molecular flexibility index (Phi) is 8.22. The second kappa shape index (κ2) is 9.65. The van der Waals surface area contributed by atoms with Gasteiger partial charge in [0.1, 0.15) is 5.75 Å². The van der Waals surface area contributed by atoms with E-state index in [1.807, 2.05) is 42.4 Å². The van der Waals surface area contributed by atoms with Crippen LogP contribution in [0.1, 0.15) is 17.2 Å². The summed E-state index contributed by atoms with van der Waals surface area (Å²) in [5, 5.41) is 7.50. The number of carbonyl (C=O) groups is 1. The van der Waals surface area contributed by atoms with Crippen molar-refractivity contribution in [2.75, 3.05) is 26.7 Å². The third-order valence-corrected chi connectivity index (χ3v) is 4.18. The maximum atomic E-state index is 12.8. The highest BCUT2D eigenvalue weighted by Gasteiger charge is 2.29. The maximum Gasteiger partial charge on any atom is 0.227 e. The zero-order valence-corrected chi connectivity index (χ0v) is 16.0. The summed E-state index contributed by atoms with van der Waals surface area (Å²) >= 11 is 0. The topological polar surface area (TPSA) is 59.4 Å². The van der Waals surface area contributed by atoms with E-state index in [0.717, 1.165) is 30.0 Å². The van der Waals surface area contributed by atoms with Gasteiger partial charge in [-0.3, -0.25) is 9.48 Å². The maximum absolute atomic E-state index is 12.8. The lowest BCUT2D eigenvalue weighted by atomic mass is 10.0. The van der Waals surface area contributed by atoms with E-state index in [-0.39, 0.29) is 36.8 Å². The van der Waals surface area contributed by atoms with Gasteiger partial charge in [-0.25, -0.2) is 0 Å². The molecule has 0 saturated carbocycles. The van der Waals surface area contributed by atoms with Crippen molar-refractivity contribution in [1.82, 2.24) is 20.0 Å². The van der Waals surface area contributed by atoms with Crippen LogP contribution in [0, 0.1) is 0 Å². The number of carbonyl (C=O) groups excluding carboxylic acids is 1. The first-order valence-corrected chi connectivity index (χ1v) is 7.79. The van der Waals surface area contributed by atoms with Gasteiger partial charge in [-0.2, -0.15) is 5.10 Å². The molecule has 2 aromatic rings. The van der Waals surface area contributed by atoms with Crippen molar-refractivity contribution in [2.24, 2.45) is 7.05 Å². The number of rotatable bonds is 4. The molecule has 1 aliphatic rings. The monoisotopic (exact) mass is 386 g/mol. The molecule has 2 heterocycles. The van der Waals surface area contributed by atoms with Gasteiger partial charge in [0.2, 0.25) is 5.91 Å². The Morgan fingerprint density at radius 3 is 2.80 bits per heavy atom. The number of nitrogens with zero attached hydrogens (tertiary/aromatic N) is 3. The van der Waals surface area contributed by atoms with E-state index in [0.29, 0.717) is 13.0 Å². The number of methoxy groups -OCH3 is 1. The minimum absolute atomic E-state index is 0. The van der Waals surface area contributed by atoms with Crippen molar-refractivity contribution in [3.63, 3.8) is 0 Å². The minimum atomic E-state index is -0.0101. The number of ether oxygens (including phenoxy) is 1. The molecule has 0 radical (unpaired) electrons. The van der Waals surface area contributed by atoms with Crippen molar-refractivity contribution in [3.05, 3.63) is 47.8 Å². The number of para-hydroxylation sites is 1. The quantitative estimate of drug-likeness (QED) is 0.872. The molecule has 0 aliphatic carbocycles. The van der Waals surface area contributed by atoms with Crippen LogP contribution in [0.4, 0.5) is 0 Å². The molecule has 8 heteroatoms. The molecule has 1 saturated heterocycles. The summed E-state index contributed by atoms with van der Waals surface area (Å²) < 4.78 is 7.19. The van der Waals surface area contributed by atoms with Crippen LogP contribution >= 0.6 is 24.8 Å². The number of nitrogens with one attached hydrogen (secondary N) is 1. The number of halogens is 2. The van der Waals surface area contributed by atoms with Gasteiger partial charge in [0.25, 0.3) is 0 Å². The van der Waals surface area contributed by atoms with Crippen molar-refractivity contribution in [1.29, 1.82) is 0 Å². The van der Waals surface area contributed by atoms with E-state index in [2.05, 4.69) is 10.4 Å². The first-order chi connectivity index (χ1) is 11.2. The fourth-order valence-corrected chi connectivity index (χ4v) is 3.06. The lowest BCUT2D eigenvalue weighted by Gasteiger charge is -2.37. The van der Waals surface area contributed by atoms with Crippen LogP contribution in [0.15, 0.2) is 36.7 Å². The van der Waals surface area contributed by atoms with Crippen LogP contribution in [0.25, 0.3) is 0 Å². The molecule has 1 atom stereocenters. The Hall–Kier alpha value is -1.76. The van der Waals surface area contributed by atoms with Crippen molar-refractivity contribution >= 4 is 30.7 Å². The van der Waals surface area contributed by atoms with Crippen LogP contribution in [0.3, 0.4) is 0 Å². The van der Waals surface area contributed by atoms with Gasteiger partial charge in [0, 0.05) is 38.4 Å². The molecule has 138 valence electrons. The number of aromatic nitrogens is 2. The van der Waals surface area contributed by atoms with Crippen molar-refractivity contribution < 1.29 is 9.53 Å². The number of piperazine rings is 1. The molecule has 1 aromatic heterocycles. The summed E-state index contributed by atoms with van der Waals surface area (Å²) in [4.78, 5) is 14.7. The molecule has 6 nitrogen and oxygen atoms in total. The fraction of sp³-hybridized carbons (Fsp3) is 0.412. The Labute approximate surface area is 160 Å². The van der Waals surface area contributed by atoms with Crippen LogP contribution < -0.4 is 10.1 Å². The summed E-state index contributed by atoms with van der Waals surface area (Å²) in [5.41, 5.74) is 1.98. The van der Waals surface area contributed by atoms with E-state index < -0.39 is 0 Å². The molecule has 1 aliphatic heterocycles. The Morgan fingerprint density at radius 2 is 2.12 bits per heavy atom. The molecule has 0 bridgehead atoms.